The van der Waals surface area contributed by atoms with Gasteiger partial charge < -0.3 is 21.1 Å². The molecular formula is C14H18Cl2N2O6. The lowest BCUT2D eigenvalue weighted by atomic mass is 9.98. The van der Waals surface area contributed by atoms with Crippen molar-refractivity contribution in [2.45, 2.75) is 24.5 Å². The third kappa shape index (κ3) is 4.57. The van der Waals surface area contributed by atoms with E-state index in [0.29, 0.717) is 5.56 Å². The average molecular weight is 381 g/mol. The number of aromatic carboxylic acids is 1. The maximum Gasteiger partial charge on any atom is 0.335 e. The van der Waals surface area contributed by atoms with Crippen LogP contribution in [0.25, 0.3) is 0 Å². The fourth-order valence-corrected chi connectivity index (χ4v) is 2.56. The summed E-state index contributed by atoms with van der Waals surface area (Å²) in [5, 5.41) is 27.2. The quantitative estimate of drug-likeness (QED) is 0.583. The number of rotatable bonds is 5. The molecule has 0 aromatic heterocycles. The van der Waals surface area contributed by atoms with E-state index in [9.17, 15) is 19.5 Å². The Hall–Kier alpha value is -1.87. The van der Waals surface area contributed by atoms with Gasteiger partial charge in [0.1, 0.15) is 11.6 Å². The molecule has 1 aromatic carbocycles. The van der Waals surface area contributed by atoms with Crippen molar-refractivity contribution in [2.75, 3.05) is 6.54 Å². The SMILES string of the molecule is Cl.Cl.N[C@]1(C(=O)O)C[C@H](C(=O)O)N(Cc2ccc(C(=O)O)cc2)C1. The number of carbonyl (C=O) groups is 3. The van der Waals surface area contributed by atoms with Crippen LogP contribution in [-0.4, -0.2) is 56.3 Å². The summed E-state index contributed by atoms with van der Waals surface area (Å²) >= 11 is 0. The minimum absolute atomic E-state index is 0. The predicted octanol–water partition coefficient (Wildman–Crippen LogP) is 0.669. The van der Waals surface area contributed by atoms with Crippen molar-refractivity contribution >= 4 is 42.7 Å². The molecule has 0 amide bonds. The fourth-order valence-electron chi connectivity index (χ4n) is 2.56. The normalized spacial score (nSPS) is 23.0. The number of nitrogens with zero attached hydrogens (tertiary/aromatic N) is 1. The smallest absolute Gasteiger partial charge is 0.335 e. The number of carboxylic acids is 3. The van der Waals surface area contributed by atoms with Crippen molar-refractivity contribution in [2.24, 2.45) is 5.73 Å². The highest BCUT2D eigenvalue weighted by molar-refractivity contribution is 5.87. The third-order valence-corrected chi connectivity index (χ3v) is 3.78. The van der Waals surface area contributed by atoms with E-state index in [0.717, 1.165) is 0 Å². The Morgan fingerprint density at radius 2 is 1.67 bits per heavy atom. The van der Waals surface area contributed by atoms with E-state index < -0.39 is 29.5 Å². The van der Waals surface area contributed by atoms with Crippen LogP contribution in [0.15, 0.2) is 24.3 Å². The van der Waals surface area contributed by atoms with Crippen LogP contribution in [0.5, 0.6) is 0 Å². The summed E-state index contributed by atoms with van der Waals surface area (Å²) in [6.07, 6.45) is -0.176. The van der Waals surface area contributed by atoms with Gasteiger partial charge in [0.15, 0.2) is 0 Å². The lowest BCUT2D eigenvalue weighted by Gasteiger charge is -2.21. The number of halogens is 2. The van der Waals surface area contributed by atoms with Gasteiger partial charge in [-0.3, -0.25) is 14.5 Å². The first-order valence-electron chi connectivity index (χ1n) is 6.54. The number of benzene rings is 1. The summed E-state index contributed by atoms with van der Waals surface area (Å²) in [7, 11) is 0. The molecule has 1 aromatic rings. The molecule has 0 saturated carbocycles. The summed E-state index contributed by atoms with van der Waals surface area (Å²) in [6, 6.07) is 4.98. The van der Waals surface area contributed by atoms with Crippen LogP contribution in [0.1, 0.15) is 22.3 Å². The largest absolute Gasteiger partial charge is 0.480 e. The Morgan fingerprint density at radius 3 is 2.08 bits per heavy atom. The van der Waals surface area contributed by atoms with E-state index >= 15 is 0 Å². The van der Waals surface area contributed by atoms with Crippen molar-refractivity contribution in [3.8, 4) is 0 Å². The van der Waals surface area contributed by atoms with E-state index in [1.54, 1.807) is 12.1 Å². The number of aliphatic carboxylic acids is 2. The van der Waals surface area contributed by atoms with E-state index in [1.807, 2.05) is 0 Å². The molecule has 2 rings (SSSR count). The first-order chi connectivity index (χ1) is 10.2. The van der Waals surface area contributed by atoms with Crippen molar-refractivity contribution in [3.63, 3.8) is 0 Å². The van der Waals surface area contributed by atoms with Gasteiger partial charge in [0.25, 0.3) is 0 Å². The molecule has 1 aliphatic rings. The molecule has 0 spiro atoms. The standard InChI is InChI=1S/C14H16N2O6.2ClH/c15-14(13(21)22)5-10(12(19)20)16(7-14)6-8-1-3-9(4-2-8)11(17)18;;/h1-4,10H,5-7,15H2,(H,17,18)(H,19,20)(H,21,22);2*1H/t10-,14-;;/m1../s1. The Labute approximate surface area is 150 Å². The topological polar surface area (TPSA) is 141 Å². The van der Waals surface area contributed by atoms with Gasteiger partial charge in [-0.05, 0) is 17.7 Å². The first kappa shape index (κ1) is 22.1. The van der Waals surface area contributed by atoms with Crippen LogP contribution in [0.3, 0.4) is 0 Å². The van der Waals surface area contributed by atoms with Gasteiger partial charge in [0.05, 0.1) is 5.56 Å². The Balaban J connectivity index is 0.00000264. The van der Waals surface area contributed by atoms with Crippen molar-refractivity contribution in [3.05, 3.63) is 35.4 Å². The lowest BCUT2D eigenvalue weighted by Crippen LogP contribution is -2.50. The zero-order chi connectivity index (χ0) is 16.5. The molecule has 1 aliphatic heterocycles. The zero-order valence-corrected chi connectivity index (χ0v) is 14.0. The molecule has 10 heteroatoms. The highest BCUT2D eigenvalue weighted by atomic mass is 35.5. The fraction of sp³-hybridized carbons (Fsp3) is 0.357. The first-order valence-corrected chi connectivity index (χ1v) is 6.54. The van der Waals surface area contributed by atoms with Crippen LogP contribution < -0.4 is 5.73 Å². The molecule has 0 bridgehead atoms. The second-order valence-electron chi connectivity index (χ2n) is 5.43. The van der Waals surface area contributed by atoms with E-state index in [1.165, 1.54) is 17.0 Å². The van der Waals surface area contributed by atoms with Gasteiger partial charge in [-0.15, -0.1) is 24.8 Å². The van der Waals surface area contributed by atoms with Crippen molar-refractivity contribution in [1.82, 2.24) is 4.90 Å². The molecule has 2 atom stereocenters. The zero-order valence-electron chi connectivity index (χ0n) is 12.4. The number of hydrogen-bond donors (Lipinski definition) is 4. The Bertz CT molecular complexity index is 624. The maximum absolute atomic E-state index is 11.3. The molecular weight excluding hydrogens is 363 g/mol. The van der Waals surface area contributed by atoms with E-state index in [2.05, 4.69) is 0 Å². The minimum Gasteiger partial charge on any atom is -0.480 e. The molecule has 1 saturated heterocycles. The summed E-state index contributed by atoms with van der Waals surface area (Å²) in [5.41, 5.74) is 4.97. The molecule has 0 unspecified atom stereocenters. The molecule has 8 nitrogen and oxygen atoms in total. The second kappa shape index (κ2) is 8.29. The number of carboxylic acid groups (broad SMARTS) is 3. The molecule has 0 aliphatic carbocycles. The third-order valence-electron chi connectivity index (χ3n) is 3.78. The monoisotopic (exact) mass is 380 g/mol. The molecule has 1 heterocycles. The summed E-state index contributed by atoms with van der Waals surface area (Å²) in [4.78, 5) is 34.8. The summed E-state index contributed by atoms with van der Waals surface area (Å²) in [6.45, 7) is 0.100. The van der Waals surface area contributed by atoms with Crippen LogP contribution in [0.4, 0.5) is 0 Å². The second-order valence-corrected chi connectivity index (χ2v) is 5.43. The predicted molar refractivity (Wildman–Crippen MR) is 88.9 cm³/mol. The van der Waals surface area contributed by atoms with Crippen LogP contribution >= 0.6 is 24.8 Å². The maximum atomic E-state index is 11.3. The van der Waals surface area contributed by atoms with E-state index in [-0.39, 0.29) is 49.9 Å². The molecule has 0 radical (unpaired) electrons. The van der Waals surface area contributed by atoms with Crippen molar-refractivity contribution in [1.29, 1.82) is 0 Å². The van der Waals surface area contributed by atoms with Crippen molar-refractivity contribution < 1.29 is 29.7 Å². The molecule has 1 fully saturated rings. The Kier molecular flexibility index (Phi) is 7.65. The highest BCUT2D eigenvalue weighted by Gasteiger charge is 2.49. The summed E-state index contributed by atoms with van der Waals surface area (Å²) in [5.74, 6) is -3.42. The highest BCUT2D eigenvalue weighted by Crippen LogP contribution is 2.27. The molecule has 5 N–H and O–H groups in total. The van der Waals surface area contributed by atoms with E-state index in [4.69, 9.17) is 15.9 Å². The van der Waals surface area contributed by atoms with Gasteiger partial charge >= 0.3 is 17.9 Å². The van der Waals surface area contributed by atoms with Crippen LogP contribution in [-0.2, 0) is 16.1 Å². The van der Waals surface area contributed by atoms with Crippen LogP contribution in [0, 0.1) is 0 Å². The van der Waals surface area contributed by atoms with Gasteiger partial charge in [-0.2, -0.15) is 0 Å². The minimum atomic E-state index is -1.59. The molecule has 134 valence electrons. The lowest BCUT2D eigenvalue weighted by molar-refractivity contribution is -0.142. The van der Waals surface area contributed by atoms with Crippen LogP contribution in [0.2, 0.25) is 0 Å². The number of nitrogens with two attached hydrogens (primary N) is 1. The van der Waals surface area contributed by atoms with Gasteiger partial charge in [-0.25, -0.2) is 4.79 Å². The van der Waals surface area contributed by atoms with Gasteiger partial charge in [0, 0.05) is 19.5 Å². The van der Waals surface area contributed by atoms with Gasteiger partial charge in [0.2, 0.25) is 0 Å². The molecule has 24 heavy (non-hydrogen) atoms. The number of likely N-dealkylation sites (tertiary alicyclic amines) is 1. The van der Waals surface area contributed by atoms with Gasteiger partial charge in [-0.1, -0.05) is 12.1 Å². The number of hydrogen-bond acceptors (Lipinski definition) is 5. The summed E-state index contributed by atoms with van der Waals surface area (Å²) < 4.78 is 0. The average Bonchev–Trinajstić information content (AvgIpc) is 2.78. The Morgan fingerprint density at radius 1 is 1.12 bits per heavy atom.